The van der Waals surface area contributed by atoms with Crippen molar-refractivity contribution in [2.45, 2.75) is 50.8 Å². The van der Waals surface area contributed by atoms with Crippen LogP contribution in [0.25, 0.3) is 11.0 Å². The number of ether oxygens (including phenoxy) is 1. The molecule has 9 heteroatoms. The van der Waals surface area contributed by atoms with Gasteiger partial charge in [0.15, 0.2) is 5.43 Å². The van der Waals surface area contributed by atoms with E-state index in [9.17, 15) is 35.1 Å². The molecule has 152 valence electrons. The van der Waals surface area contributed by atoms with Gasteiger partial charge in [-0.2, -0.15) is 0 Å². The van der Waals surface area contributed by atoms with E-state index in [1.54, 1.807) is 6.92 Å². The molecule has 0 radical (unpaired) electrons. The third-order valence-corrected chi connectivity index (χ3v) is 4.87. The maximum Gasteiger partial charge on any atom is 0.193 e. The number of phenolic OH excluding ortho intramolecular Hbond substituents is 1. The Hall–Kier alpha value is -2.30. The van der Waals surface area contributed by atoms with Crippen molar-refractivity contribution < 1.29 is 39.5 Å². The van der Waals surface area contributed by atoms with E-state index in [0.29, 0.717) is 5.56 Å². The van der Waals surface area contributed by atoms with Crippen molar-refractivity contribution in [3.05, 3.63) is 39.2 Å². The van der Waals surface area contributed by atoms with Gasteiger partial charge in [-0.05, 0) is 25.5 Å². The van der Waals surface area contributed by atoms with Gasteiger partial charge >= 0.3 is 0 Å². The van der Waals surface area contributed by atoms with Crippen molar-refractivity contribution in [1.82, 2.24) is 0 Å². The summed E-state index contributed by atoms with van der Waals surface area (Å²) in [5, 5.41) is 50.5. The van der Waals surface area contributed by atoms with E-state index in [1.807, 2.05) is 0 Å². The van der Waals surface area contributed by atoms with Crippen LogP contribution in [0.3, 0.4) is 0 Å². The summed E-state index contributed by atoms with van der Waals surface area (Å²) in [7, 11) is 0. The van der Waals surface area contributed by atoms with Crippen molar-refractivity contribution >= 4 is 16.8 Å². The lowest BCUT2D eigenvalue weighted by molar-refractivity contribution is -0.231. The summed E-state index contributed by atoms with van der Waals surface area (Å²) in [6.07, 6.45) is -7.65. The second-order valence-electron chi connectivity index (χ2n) is 7.04. The third-order valence-electron chi connectivity index (χ3n) is 4.87. The predicted molar refractivity (Wildman–Crippen MR) is 96.0 cm³/mol. The topological polar surface area (TPSA) is 158 Å². The number of aliphatic hydroxyl groups excluding tert-OH is 4. The molecule has 0 unspecified atom stereocenters. The van der Waals surface area contributed by atoms with Gasteiger partial charge in [-0.3, -0.25) is 9.59 Å². The number of benzene rings is 1. The first-order valence-electron chi connectivity index (χ1n) is 8.74. The van der Waals surface area contributed by atoms with Crippen LogP contribution in [0.2, 0.25) is 0 Å². The largest absolute Gasteiger partial charge is 0.507 e. The lowest BCUT2D eigenvalue weighted by atomic mass is 9.89. The number of hydrogen-bond donors (Lipinski definition) is 5. The van der Waals surface area contributed by atoms with Crippen LogP contribution < -0.4 is 5.43 Å². The van der Waals surface area contributed by atoms with Crippen molar-refractivity contribution in [2.75, 3.05) is 6.61 Å². The van der Waals surface area contributed by atoms with Gasteiger partial charge in [0.25, 0.3) is 0 Å². The molecule has 5 atom stereocenters. The number of carbonyl (C=O) groups excluding carboxylic acids is 1. The fourth-order valence-corrected chi connectivity index (χ4v) is 3.52. The third kappa shape index (κ3) is 3.43. The highest BCUT2D eigenvalue weighted by molar-refractivity contribution is 5.86. The van der Waals surface area contributed by atoms with Crippen LogP contribution >= 0.6 is 0 Å². The summed E-state index contributed by atoms with van der Waals surface area (Å²) in [5.74, 6) is -0.535. The molecule has 0 spiro atoms. The molecule has 1 aromatic carbocycles. The van der Waals surface area contributed by atoms with E-state index >= 15 is 0 Å². The minimum atomic E-state index is -1.67. The van der Waals surface area contributed by atoms with E-state index in [0.717, 1.165) is 0 Å². The standard InChI is InChI=1S/C19H22O9/c1-7-3-10(22)14(19-17(26)16(25)15(24)12(6-20)28-19)18-13(7)11(23)5-9(27-18)4-8(2)21/h3,5,12,15-17,19-20,22,24-26H,4,6H2,1-2H3/t12-,15+,16-,17+,19+/m1/s1. The lowest BCUT2D eigenvalue weighted by Gasteiger charge is -2.40. The number of phenols is 1. The first kappa shape index (κ1) is 20.4. The second kappa shape index (κ2) is 7.61. The van der Waals surface area contributed by atoms with Crippen molar-refractivity contribution in [2.24, 2.45) is 0 Å². The summed E-state index contributed by atoms with van der Waals surface area (Å²) in [6, 6.07) is 2.48. The van der Waals surface area contributed by atoms with E-state index in [1.165, 1.54) is 19.1 Å². The zero-order valence-electron chi connectivity index (χ0n) is 15.3. The molecule has 1 aromatic heterocycles. The highest BCUT2D eigenvalue weighted by Gasteiger charge is 2.45. The zero-order valence-corrected chi connectivity index (χ0v) is 15.3. The van der Waals surface area contributed by atoms with Crippen LogP contribution in [-0.4, -0.2) is 62.3 Å². The number of hydrogen-bond acceptors (Lipinski definition) is 9. The molecule has 0 saturated carbocycles. The fourth-order valence-electron chi connectivity index (χ4n) is 3.52. The monoisotopic (exact) mass is 394 g/mol. The SMILES string of the molecule is CC(=O)Cc1cc(=O)c2c(C)cc(O)c([C@@H]3O[C@H](CO)[C@H](O)[C@@H](O)[C@@H]3O)c2o1. The summed E-state index contributed by atoms with van der Waals surface area (Å²) in [5.41, 5.74) is -0.240. The van der Waals surface area contributed by atoms with Crippen molar-refractivity contribution in [3.8, 4) is 5.75 Å². The van der Waals surface area contributed by atoms with Crippen LogP contribution in [0.5, 0.6) is 5.75 Å². The Kier molecular flexibility index (Phi) is 5.55. The molecule has 2 aromatic rings. The maximum atomic E-state index is 12.6. The number of aliphatic hydroxyl groups is 4. The van der Waals surface area contributed by atoms with Crippen LogP contribution in [0.15, 0.2) is 21.3 Å². The molecule has 9 nitrogen and oxygen atoms in total. The van der Waals surface area contributed by atoms with Gasteiger partial charge in [-0.15, -0.1) is 0 Å². The van der Waals surface area contributed by atoms with Gasteiger partial charge in [-0.25, -0.2) is 0 Å². The lowest BCUT2D eigenvalue weighted by Crippen LogP contribution is -2.55. The van der Waals surface area contributed by atoms with Crippen LogP contribution in [0.1, 0.15) is 29.9 Å². The maximum absolute atomic E-state index is 12.6. The molecule has 1 aliphatic heterocycles. The number of ketones is 1. The summed E-state index contributed by atoms with van der Waals surface area (Å²) >= 11 is 0. The highest BCUT2D eigenvalue weighted by Crippen LogP contribution is 2.41. The molecular formula is C19H22O9. The summed E-state index contributed by atoms with van der Waals surface area (Å²) in [6.45, 7) is 2.27. The van der Waals surface area contributed by atoms with E-state index in [-0.39, 0.29) is 40.2 Å². The van der Waals surface area contributed by atoms with Crippen LogP contribution in [0.4, 0.5) is 0 Å². The molecule has 3 rings (SSSR count). The Morgan fingerprint density at radius 1 is 1.14 bits per heavy atom. The smallest absolute Gasteiger partial charge is 0.193 e. The first-order valence-corrected chi connectivity index (χ1v) is 8.74. The Balaban J connectivity index is 2.26. The first-order chi connectivity index (χ1) is 13.1. The predicted octanol–water partition coefficient (Wildman–Crippen LogP) is -0.547. The van der Waals surface area contributed by atoms with E-state index in [2.05, 4.69) is 0 Å². The second-order valence-corrected chi connectivity index (χ2v) is 7.04. The molecule has 0 amide bonds. The Labute approximate surface area is 159 Å². The van der Waals surface area contributed by atoms with Crippen LogP contribution in [-0.2, 0) is 16.0 Å². The van der Waals surface area contributed by atoms with Crippen molar-refractivity contribution in [1.29, 1.82) is 0 Å². The minimum Gasteiger partial charge on any atom is -0.507 e. The zero-order chi connectivity index (χ0) is 20.7. The summed E-state index contributed by atoms with van der Waals surface area (Å²) in [4.78, 5) is 24.0. The number of carbonyl (C=O) groups is 1. The highest BCUT2D eigenvalue weighted by atomic mass is 16.5. The van der Waals surface area contributed by atoms with Gasteiger partial charge in [0.1, 0.15) is 53.4 Å². The normalized spacial score (nSPS) is 27.9. The Bertz CT molecular complexity index is 962. The number of aromatic hydroxyl groups is 1. The molecule has 28 heavy (non-hydrogen) atoms. The number of Topliss-reactive ketones (excluding diaryl/α,β-unsaturated/α-hetero) is 1. The molecule has 0 bridgehead atoms. The van der Waals surface area contributed by atoms with E-state index < -0.39 is 42.6 Å². The van der Waals surface area contributed by atoms with Crippen molar-refractivity contribution in [3.63, 3.8) is 0 Å². The molecule has 1 aliphatic rings. The molecule has 1 fully saturated rings. The van der Waals surface area contributed by atoms with Crippen LogP contribution in [0, 0.1) is 6.92 Å². The van der Waals surface area contributed by atoms with Gasteiger partial charge < -0.3 is 34.7 Å². The molecular weight excluding hydrogens is 372 g/mol. The Morgan fingerprint density at radius 2 is 1.82 bits per heavy atom. The van der Waals surface area contributed by atoms with Gasteiger partial charge in [0, 0.05) is 6.07 Å². The average Bonchev–Trinajstić information content (AvgIpc) is 2.60. The molecule has 0 aliphatic carbocycles. The summed E-state index contributed by atoms with van der Waals surface area (Å²) < 4.78 is 11.2. The molecule has 2 heterocycles. The van der Waals surface area contributed by atoms with Gasteiger partial charge in [0.2, 0.25) is 0 Å². The fraction of sp³-hybridized carbons (Fsp3) is 0.474. The molecule has 5 N–H and O–H groups in total. The number of rotatable bonds is 4. The van der Waals surface area contributed by atoms with E-state index in [4.69, 9.17) is 9.15 Å². The number of fused-ring (bicyclic) bond motifs is 1. The quantitative estimate of drug-likeness (QED) is 0.459. The molecule has 1 saturated heterocycles. The number of aryl methyl sites for hydroxylation is 1. The Morgan fingerprint density at radius 3 is 2.43 bits per heavy atom. The minimum absolute atomic E-state index is 0.0702. The van der Waals surface area contributed by atoms with Gasteiger partial charge in [0.05, 0.1) is 24.0 Å². The van der Waals surface area contributed by atoms with Gasteiger partial charge in [-0.1, -0.05) is 0 Å². The average molecular weight is 394 g/mol.